The number of pyridine rings is 1. The monoisotopic (exact) mass is 492 g/mol. The highest BCUT2D eigenvalue weighted by Gasteiger charge is 2.36. The van der Waals surface area contributed by atoms with Crippen LogP contribution in [0.4, 0.5) is 22.0 Å². The van der Waals surface area contributed by atoms with E-state index in [0.29, 0.717) is 12.6 Å². The van der Waals surface area contributed by atoms with Crippen LogP contribution < -0.4 is 4.74 Å². The predicted molar refractivity (Wildman–Crippen MR) is 115 cm³/mol. The van der Waals surface area contributed by atoms with Crippen LogP contribution in [0.5, 0.6) is 5.88 Å². The van der Waals surface area contributed by atoms with E-state index in [0.717, 1.165) is 30.7 Å². The molecule has 1 aliphatic rings. The molecule has 0 radical (unpaired) electrons. The summed E-state index contributed by atoms with van der Waals surface area (Å²) in [6, 6.07) is 4.70. The number of hydrogen-bond acceptors (Lipinski definition) is 5. The lowest BCUT2D eigenvalue weighted by Crippen LogP contribution is -2.51. The number of carbonyl (C=O) groups is 1. The molecule has 1 fully saturated rings. The summed E-state index contributed by atoms with van der Waals surface area (Å²) in [7, 11) is 0. The van der Waals surface area contributed by atoms with Gasteiger partial charge in [-0.3, -0.25) is 4.79 Å². The number of piperidine rings is 1. The largest absolute Gasteiger partial charge is 0.475 e. The van der Waals surface area contributed by atoms with Crippen molar-refractivity contribution in [3.8, 4) is 17.3 Å². The molecule has 0 saturated carbocycles. The molecule has 2 aromatic heterocycles. The van der Waals surface area contributed by atoms with Crippen molar-refractivity contribution < 1.29 is 31.5 Å². The molecular formula is C24H21F5N4O2. The van der Waals surface area contributed by atoms with E-state index >= 15 is 0 Å². The number of halogens is 5. The van der Waals surface area contributed by atoms with Gasteiger partial charge in [0.2, 0.25) is 5.88 Å². The summed E-state index contributed by atoms with van der Waals surface area (Å²) < 4.78 is 73.6. The molecule has 0 bridgehead atoms. The van der Waals surface area contributed by atoms with Gasteiger partial charge in [0, 0.05) is 31.2 Å². The van der Waals surface area contributed by atoms with Gasteiger partial charge in [-0.2, -0.15) is 13.2 Å². The number of ether oxygens (including phenoxy) is 1. The number of benzene rings is 1. The van der Waals surface area contributed by atoms with Gasteiger partial charge in [-0.1, -0.05) is 6.92 Å². The molecule has 0 N–H and O–H groups in total. The van der Waals surface area contributed by atoms with Crippen LogP contribution in [0, 0.1) is 17.6 Å². The zero-order valence-electron chi connectivity index (χ0n) is 18.6. The minimum absolute atomic E-state index is 0.0431. The van der Waals surface area contributed by atoms with Crippen LogP contribution in [-0.2, 0) is 6.18 Å². The van der Waals surface area contributed by atoms with E-state index in [-0.39, 0.29) is 36.3 Å². The number of rotatable bonds is 5. The highest BCUT2D eigenvalue weighted by atomic mass is 19.4. The summed E-state index contributed by atoms with van der Waals surface area (Å²) in [4.78, 5) is 26.6. The Morgan fingerprint density at radius 1 is 1.09 bits per heavy atom. The Kier molecular flexibility index (Phi) is 6.95. The maximum absolute atomic E-state index is 14.9. The molecule has 35 heavy (non-hydrogen) atoms. The normalized spacial score (nSPS) is 18.4. The van der Waals surface area contributed by atoms with Gasteiger partial charge in [0.15, 0.2) is 5.82 Å². The molecule has 3 heterocycles. The maximum Gasteiger partial charge on any atom is 0.417 e. The Hall–Kier alpha value is -3.63. The average molecular weight is 492 g/mol. The Balaban J connectivity index is 1.61. The Morgan fingerprint density at radius 3 is 2.46 bits per heavy atom. The van der Waals surface area contributed by atoms with Gasteiger partial charge in [-0.25, -0.2) is 23.7 Å². The first-order valence-corrected chi connectivity index (χ1v) is 10.9. The molecule has 1 amide bonds. The third-order valence-corrected chi connectivity index (χ3v) is 5.95. The first-order valence-electron chi connectivity index (χ1n) is 10.9. The molecule has 2 atom stereocenters. The van der Waals surface area contributed by atoms with Crippen LogP contribution in [0.2, 0.25) is 0 Å². The van der Waals surface area contributed by atoms with Crippen LogP contribution in [0.3, 0.4) is 0 Å². The van der Waals surface area contributed by atoms with E-state index in [1.54, 1.807) is 0 Å². The fourth-order valence-electron chi connectivity index (χ4n) is 4.11. The third-order valence-electron chi connectivity index (χ3n) is 5.95. The molecule has 0 spiro atoms. The van der Waals surface area contributed by atoms with E-state index < -0.39 is 40.9 Å². The lowest BCUT2D eigenvalue weighted by atomic mass is 9.90. The van der Waals surface area contributed by atoms with Crippen LogP contribution in [0.1, 0.15) is 35.7 Å². The van der Waals surface area contributed by atoms with Crippen LogP contribution in [0.15, 0.2) is 48.9 Å². The number of alkyl halides is 3. The Labute approximate surface area is 197 Å². The average Bonchev–Trinajstić information content (AvgIpc) is 2.84. The van der Waals surface area contributed by atoms with E-state index in [2.05, 4.69) is 15.0 Å². The lowest BCUT2D eigenvalue weighted by molar-refractivity contribution is -0.137. The molecule has 1 saturated heterocycles. The van der Waals surface area contributed by atoms with Crippen LogP contribution >= 0.6 is 0 Å². The van der Waals surface area contributed by atoms with Crippen LogP contribution in [0.25, 0.3) is 11.4 Å². The topological polar surface area (TPSA) is 68.2 Å². The smallest absolute Gasteiger partial charge is 0.417 e. The summed E-state index contributed by atoms with van der Waals surface area (Å²) >= 11 is 0. The molecule has 6 nitrogen and oxygen atoms in total. The van der Waals surface area contributed by atoms with Crippen molar-refractivity contribution in [3.63, 3.8) is 0 Å². The van der Waals surface area contributed by atoms with Crippen LogP contribution in [-0.4, -0.2) is 45.0 Å². The molecular weight excluding hydrogens is 471 g/mol. The van der Waals surface area contributed by atoms with Gasteiger partial charge in [-0.05, 0) is 43.0 Å². The molecule has 1 aromatic carbocycles. The quantitative estimate of drug-likeness (QED) is 0.461. The van der Waals surface area contributed by atoms with Crippen molar-refractivity contribution in [3.05, 3.63) is 71.7 Å². The van der Waals surface area contributed by atoms with Crippen molar-refractivity contribution in [2.45, 2.75) is 32.0 Å². The van der Waals surface area contributed by atoms with Gasteiger partial charge in [-0.15, -0.1) is 0 Å². The molecule has 2 unspecified atom stereocenters. The number of nitrogens with zero attached hydrogens (tertiary/aromatic N) is 4. The Bertz CT molecular complexity index is 1190. The van der Waals surface area contributed by atoms with E-state index in [1.807, 2.05) is 6.92 Å². The molecule has 3 aromatic rings. The van der Waals surface area contributed by atoms with Crippen molar-refractivity contribution in [1.29, 1.82) is 0 Å². The maximum atomic E-state index is 14.9. The minimum atomic E-state index is -4.53. The molecule has 4 rings (SSSR count). The Morgan fingerprint density at radius 2 is 1.80 bits per heavy atom. The fraction of sp³-hybridized carbons (Fsp3) is 0.333. The lowest BCUT2D eigenvalue weighted by Gasteiger charge is -2.40. The summed E-state index contributed by atoms with van der Waals surface area (Å²) in [6.45, 7) is 2.07. The zero-order valence-corrected chi connectivity index (χ0v) is 18.6. The second kappa shape index (κ2) is 9.93. The number of likely N-dealkylation sites (tertiary alicyclic amines) is 1. The minimum Gasteiger partial charge on any atom is -0.475 e. The van der Waals surface area contributed by atoms with Crippen molar-refractivity contribution in [2.75, 3.05) is 13.2 Å². The second-order valence-corrected chi connectivity index (χ2v) is 8.23. The van der Waals surface area contributed by atoms with Crippen molar-refractivity contribution >= 4 is 5.91 Å². The first-order chi connectivity index (χ1) is 16.7. The molecule has 0 aliphatic carbocycles. The highest BCUT2D eigenvalue weighted by Crippen LogP contribution is 2.32. The van der Waals surface area contributed by atoms with E-state index in [1.165, 1.54) is 23.4 Å². The predicted octanol–water partition coefficient (Wildman–Crippen LogP) is 5.16. The van der Waals surface area contributed by atoms with Gasteiger partial charge in [0.05, 0.1) is 22.7 Å². The van der Waals surface area contributed by atoms with Crippen molar-refractivity contribution in [2.24, 2.45) is 5.92 Å². The standard InChI is InChI=1S/C24H21F5N4O2/c1-14-4-2-11-33(18(14)13-35-19-8-5-15(12-32-19)24(27,28)29)23(34)21-17(26)7-6-16(25)20(21)22-30-9-3-10-31-22/h3,5-10,12,14,18H,2,4,11,13H2,1H3. The molecule has 11 heteroatoms. The fourth-order valence-corrected chi connectivity index (χ4v) is 4.11. The van der Waals surface area contributed by atoms with E-state index in [4.69, 9.17) is 4.74 Å². The third kappa shape index (κ3) is 5.23. The first kappa shape index (κ1) is 24.5. The number of aromatic nitrogens is 3. The summed E-state index contributed by atoms with van der Waals surface area (Å²) in [5.74, 6) is -2.74. The molecule has 184 valence electrons. The number of amides is 1. The zero-order chi connectivity index (χ0) is 25.2. The van der Waals surface area contributed by atoms with Gasteiger partial charge in [0.1, 0.15) is 18.2 Å². The number of carbonyl (C=O) groups excluding carboxylic acids is 1. The van der Waals surface area contributed by atoms with E-state index in [9.17, 15) is 26.7 Å². The van der Waals surface area contributed by atoms with Crippen molar-refractivity contribution in [1.82, 2.24) is 19.9 Å². The van der Waals surface area contributed by atoms with Gasteiger partial charge < -0.3 is 9.64 Å². The summed E-state index contributed by atoms with van der Waals surface area (Å²) in [5, 5.41) is 0. The summed E-state index contributed by atoms with van der Waals surface area (Å²) in [6.07, 6.45) is 0.239. The highest BCUT2D eigenvalue weighted by molar-refractivity contribution is 6.00. The molecule has 1 aliphatic heterocycles. The number of hydrogen-bond donors (Lipinski definition) is 0. The SMILES string of the molecule is CC1CCCN(C(=O)c2c(F)ccc(F)c2-c2ncccn2)C1COc1ccc(C(F)(F)F)cn1. The summed E-state index contributed by atoms with van der Waals surface area (Å²) in [5.41, 5.74) is -1.73. The second-order valence-electron chi connectivity index (χ2n) is 8.23. The van der Waals surface area contributed by atoms with Gasteiger partial charge in [0.25, 0.3) is 5.91 Å². The van der Waals surface area contributed by atoms with Gasteiger partial charge >= 0.3 is 6.18 Å².